The van der Waals surface area contributed by atoms with Crippen LogP contribution in [0.25, 0.3) is 0 Å². The average molecular weight is 348 g/mol. The lowest BCUT2D eigenvalue weighted by Gasteiger charge is -2.73. The summed E-state index contributed by atoms with van der Waals surface area (Å²) in [5.41, 5.74) is -0.284. The summed E-state index contributed by atoms with van der Waals surface area (Å²) in [6.45, 7) is 7.89. The second-order valence-corrected chi connectivity index (χ2v) is 8.62. The minimum Gasteiger partial charge on any atom is -0.508 e. The van der Waals surface area contributed by atoms with E-state index >= 15 is 0 Å². The van der Waals surface area contributed by atoms with E-state index in [0.29, 0.717) is 11.1 Å². The SMILES string of the molecule is CC12C(=O)c3cc(O)ccc3C1(C)C1(C)C(=O)c3cc(O)ccc3C21C. The lowest BCUT2D eigenvalue weighted by atomic mass is 9.26. The topological polar surface area (TPSA) is 74.6 Å². The summed E-state index contributed by atoms with van der Waals surface area (Å²) in [7, 11) is 0. The Morgan fingerprint density at radius 2 is 0.962 bits per heavy atom. The summed E-state index contributed by atoms with van der Waals surface area (Å²) in [5.74, 6) is 0.0598. The van der Waals surface area contributed by atoms with Crippen LogP contribution >= 0.6 is 0 Å². The Morgan fingerprint density at radius 3 is 1.31 bits per heavy atom. The monoisotopic (exact) mass is 348 g/mol. The first kappa shape index (κ1) is 15.6. The number of phenols is 2. The van der Waals surface area contributed by atoms with Crippen molar-refractivity contribution in [3.8, 4) is 11.5 Å². The largest absolute Gasteiger partial charge is 0.508 e. The summed E-state index contributed by atoms with van der Waals surface area (Å²) in [5, 5.41) is 19.8. The second kappa shape index (κ2) is 3.88. The van der Waals surface area contributed by atoms with E-state index in [1.54, 1.807) is 24.3 Å². The summed E-state index contributed by atoms with van der Waals surface area (Å²) in [6.07, 6.45) is 0. The molecule has 1 saturated carbocycles. The molecule has 0 unspecified atom stereocenters. The van der Waals surface area contributed by atoms with Crippen molar-refractivity contribution >= 4 is 11.6 Å². The number of hydrogen-bond donors (Lipinski definition) is 2. The maximum absolute atomic E-state index is 13.5. The van der Waals surface area contributed by atoms with Crippen LogP contribution in [0.4, 0.5) is 0 Å². The van der Waals surface area contributed by atoms with Crippen LogP contribution in [0.3, 0.4) is 0 Å². The van der Waals surface area contributed by atoms with Gasteiger partial charge in [0.1, 0.15) is 11.5 Å². The molecule has 2 aromatic rings. The molecule has 2 N–H and O–H groups in total. The standard InChI is InChI=1S/C22H20O4/c1-19-15-7-5-11(23)9-13(15)17(25)21(19,3)20(2)16-8-6-12(24)10-14(16)18(26)22(19,20)4/h5-10,23-24H,1-4H3. The third-order valence-electron chi connectivity index (χ3n) is 8.48. The van der Waals surface area contributed by atoms with Crippen molar-refractivity contribution in [1.29, 1.82) is 0 Å². The Morgan fingerprint density at radius 1 is 0.615 bits per heavy atom. The van der Waals surface area contributed by atoms with Gasteiger partial charge in [-0.05, 0) is 35.4 Å². The van der Waals surface area contributed by atoms with E-state index in [-0.39, 0.29) is 23.1 Å². The van der Waals surface area contributed by atoms with Gasteiger partial charge in [-0.1, -0.05) is 39.8 Å². The number of hydrogen-bond acceptors (Lipinski definition) is 4. The van der Waals surface area contributed by atoms with Crippen LogP contribution < -0.4 is 0 Å². The Balaban J connectivity index is 1.90. The first-order chi connectivity index (χ1) is 12.1. The van der Waals surface area contributed by atoms with E-state index in [1.165, 1.54) is 12.1 Å². The molecule has 4 nitrogen and oxygen atoms in total. The molecule has 5 rings (SSSR count). The molecule has 4 heteroatoms. The van der Waals surface area contributed by atoms with E-state index in [4.69, 9.17) is 0 Å². The van der Waals surface area contributed by atoms with E-state index in [2.05, 4.69) is 0 Å². The molecule has 26 heavy (non-hydrogen) atoms. The zero-order valence-electron chi connectivity index (χ0n) is 15.2. The minimum atomic E-state index is -0.803. The van der Waals surface area contributed by atoms with E-state index in [9.17, 15) is 19.8 Å². The quantitative estimate of drug-likeness (QED) is 0.761. The number of carbonyl (C=O) groups is 2. The van der Waals surface area contributed by atoms with Crippen molar-refractivity contribution in [2.45, 2.75) is 38.5 Å². The number of phenolic OH excluding ortho intramolecular Hbond substituents is 2. The summed E-state index contributed by atoms with van der Waals surface area (Å²) in [6, 6.07) is 9.79. The first-order valence-electron chi connectivity index (χ1n) is 8.83. The maximum atomic E-state index is 13.5. The molecular formula is C22H20O4. The minimum absolute atomic E-state index is 0.0281. The van der Waals surface area contributed by atoms with Gasteiger partial charge >= 0.3 is 0 Å². The van der Waals surface area contributed by atoms with Crippen LogP contribution in [0, 0.1) is 10.8 Å². The molecule has 0 heterocycles. The third-order valence-corrected chi connectivity index (χ3v) is 8.48. The van der Waals surface area contributed by atoms with Gasteiger partial charge in [-0.15, -0.1) is 0 Å². The van der Waals surface area contributed by atoms with Gasteiger partial charge in [-0.25, -0.2) is 0 Å². The van der Waals surface area contributed by atoms with Gasteiger partial charge in [-0.3, -0.25) is 9.59 Å². The molecule has 0 bridgehead atoms. The van der Waals surface area contributed by atoms with Gasteiger partial charge in [0.25, 0.3) is 0 Å². The van der Waals surface area contributed by atoms with Gasteiger partial charge in [0.15, 0.2) is 11.6 Å². The van der Waals surface area contributed by atoms with Crippen LogP contribution in [0.1, 0.15) is 59.5 Å². The molecule has 0 amide bonds. The number of carbonyl (C=O) groups excluding carboxylic acids is 2. The second-order valence-electron chi connectivity index (χ2n) is 8.62. The smallest absolute Gasteiger partial charge is 0.171 e. The summed E-state index contributed by atoms with van der Waals surface area (Å²) in [4.78, 5) is 27.1. The number of rotatable bonds is 0. The van der Waals surface area contributed by atoms with Crippen molar-refractivity contribution in [1.82, 2.24) is 0 Å². The molecule has 0 radical (unpaired) electrons. The first-order valence-corrected chi connectivity index (χ1v) is 8.83. The van der Waals surface area contributed by atoms with Crippen molar-refractivity contribution in [2.24, 2.45) is 10.8 Å². The van der Waals surface area contributed by atoms with Crippen LogP contribution in [0.5, 0.6) is 11.5 Å². The predicted octanol–water partition coefficient (Wildman–Crippen LogP) is 3.73. The molecule has 0 atom stereocenters. The number of ketones is 2. The normalized spacial score (nSPS) is 39.1. The maximum Gasteiger partial charge on any atom is 0.171 e. The molecule has 0 aliphatic heterocycles. The number of benzene rings is 2. The Kier molecular flexibility index (Phi) is 2.33. The number of Topliss-reactive ketones (excluding diaryl/α,β-unsaturated/α-hetero) is 2. The van der Waals surface area contributed by atoms with Crippen LogP contribution in [-0.2, 0) is 10.8 Å². The van der Waals surface area contributed by atoms with E-state index in [0.717, 1.165) is 11.1 Å². The number of aromatic hydroxyl groups is 2. The highest BCUT2D eigenvalue weighted by atomic mass is 16.3. The Labute approximate surface area is 151 Å². The molecule has 0 spiro atoms. The zero-order chi connectivity index (χ0) is 18.9. The highest BCUT2D eigenvalue weighted by molar-refractivity contribution is 6.19. The lowest BCUT2D eigenvalue weighted by Crippen LogP contribution is -2.79. The van der Waals surface area contributed by atoms with Crippen LogP contribution in [-0.4, -0.2) is 21.8 Å². The fraction of sp³-hybridized carbons (Fsp3) is 0.364. The predicted molar refractivity (Wildman–Crippen MR) is 95.8 cm³/mol. The molecule has 2 aromatic carbocycles. The zero-order valence-corrected chi connectivity index (χ0v) is 15.2. The highest BCUT2D eigenvalue weighted by Gasteiger charge is 2.90. The Hall–Kier alpha value is -2.62. The van der Waals surface area contributed by atoms with E-state index < -0.39 is 21.7 Å². The molecule has 3 aliphatic carbocycles. The fourth-order valence-electron chi connectivity index (χ4n) is 6.77. The van der Waals surface area contributed by atoms with Crippen molar-refractivity contribution < 1.29 is 19.8 Å². The molecular weight excluding hydrogens is 328 g/mol. The molecule has 3 aliphatic rings. The lowest BCUT2D eigenvalue weighted by molar-refractivity contribution is -0.148. The summed E-state index contributed by atoms with van der Waals surface area (Å²) >= 11 is 0. The highest BCUT2D eigenvalue weighted by Crippen LogP contribution is 2.84. The van der Waals surface area contributed by atoms with E-state index in [1.807, 2.05) is 27.7 Å². The molecule has 0 aromatic heterocycles. The van der Waals surface area contributed by atoms with Gasteiger partial charge < -0.3 is 10.2 Å². The average Bonchev–Trinajstić information content (AvgIpc) is 2.88. The van der Waals surface area contributed by atoms with Gasteiger partial charge in [0, 0.05) is 22.0 Å². The van der Waals surface area contributed by atoms with Crippen molar-refractivity contribution in [2.75, 3.05) is 0 Å². The van der Waals surface area contributed by atoms with Crippen LogP contribution in [0.15, 0.2) is 36.4 Å². The fourth-order valence-corrected chi connectivity index (χ4v) is 6.77. The van der Waals surface area contributed by atoms with Crippen molar-refractivity contribution in [3.63, 3.8) is 0 Å². The van der Waals surface area contributed by atoms with Crippen molar-refractivity contribution in [3.05, 3.63) is 58.7 Å². The molecule has 132 valence electrons. The van der Waals surface area contributed by atoms with Gasteiger partial charge in [0.2, 0.25) is 0 Å². The molecule has 0 saturated heterocycles. The summed E-state index contributed by atoms with van der Waals surface area (Å²) < 4.78 is 0. The number of fused-ring (bicyclic) bond motifs is 8. The third kappa shape index (κ3) is 1.06. The van der Waals surface area contributed by atoms with Gasteiger partial charge in [0.05, 0.1) is 10.8 Å². The van der Waals surface area contributed by atoms with Crippen LogP contribution in [0.2, 0.25) is 0 Å². The van der Waals surface area contributed by atoms with Gasteiger partial charge in [-0.2, -0.15) is 0 Å². The Bertz CT molecular complexity index is 968. The molecule has 1 fully saturated rings.